The zero-order valence-corrected chi connectivity index (χ0v) is 21.6. The topological polar surface area (TPSA) is 99.3 Å². The summed E-state index contributed by atoms with van der Waals surface area (Å²) >= 11 is 0. The van der Waals surface area contributed by atoms with E-state index in [4.69, 9.17) is 4.74 Å². The van der Waals surface area contributed by atoms with Gasteiger partial charge < -0.3 is 10.1 Å². The second-order valence-corrected chi connectivity index (χ2v) is 10.8. The highest BCUT2D eigenvalue weighted by Crippen LogP contribution is 2.32. The van der Waals surface area contributed by atoms with Gasteiger partial charge in [0.25, 0.3) is 0 Å². The molecule has 0 radical (unpaired) electrons. The molecule has 0 bridgehead atoms. The van der Waals surface area contributed by atoms with Gasteiger partial charge in [0.15, 0.2) is 0 Å². The van der Waals surface area contributed by atoms with Crippen LogP contribution >= 0.6 is 0 Å². The Morgan fingerprint density at radius 3 is 2.31 bits per heavy atom. The molecule has 0 aromatic heterocycles. The van der Waals surface area contributed by atoms with Crippen molar-refractivity contribution in [1.29, 1.82) is 0 Å². The predicted octanol–water partition coefficient (Wildman–Crippen LogP) is 2.59. The fourth-order valence-electron chi connectivity index (χ4n) is 4.75. The number of carbonyl (C=O) groups excluding carboxylic acids is 2. The minimum absolute atomic E-state index is 0.210. The van der Waals surface area contributed by atoms with Crippen molar-refractivity contribution in [3.05, 3.63) is 77.5 Å². The fraction of sp³-hybridized carbons (Fsp3) is 0.385. The van der Waals surface area contributed by atoms with Crippen LogP contribution in [0.1, 0.15) is 25.5 Å². The number of benzene rings is 2. The molecule has 2 atom stereocenters. The summed E-state index contributed by atoms with van der Waals surface area (Å²) in [5.41, 5.74) is 1.72. The van der Waals surface area contributed by atoms with Crippen LogP contribution in [0.15, 0.2) is 76.8 Å². The quantitative estimate of drug-likeness (QED) is 0.573. The van der Waals surface area contributed by atoms with E-state index in [1.54, 1.807) is 44.3 Å². The van der Waals surface area contributed by atoms with Gasteiger partial charge in [0, 0.05) is 45.0 Å². The second kappa shape index (κ2) is 10.8. The van der Waals surface area contributed by atoms with Crippen LogP contribution in [-0.2, 0) is 19.6 Å². The number of likely N-dealkylation sites (N-methyl/N-ethyl adjacent to an activating group) is 1. The van der Waals surface area contributed by atoms with E-state index in [1.165, 1.54) is 9.21 Å². The van der Waals surface area contributed by atoms with Gasteiger partial charge in [0.05, 0.1) is 23.1 Å². The fourth-order valence-corrected chi connectivity index (χ4v) is 6.38. The standard InChI is InChI=1S/C26H32N4O5S/c1-4-35-25(31)23-22(28(3)26(32)27-24(23)20-11-7-5-8-12-20)18-29-15-16-30(19(2)17-29)36(33,34)21-13-9-6-10-14-21/h5-14,19,24H,4,15-18H2,1-3H3,(H,27,32)/t19-,24+/m1/s1. The van der Waals surface area contributed by atoms with Crippen molar-refractivity contribution in [2.24, 2.45) is 0 Å². The lowest BCUT2D eigenvalue weighted by Gasteiger charge is -2.41. The predicted molar refractivity (Wildman–Crippen MR) is 135 cm³/mol. The normalized spacial score (nSPS) is 21.9. The third-order valence-corrected chi connectivity index (χ3v) is 8.61. The van der Waals surface area contributed by atoms with E-state index in [2.05, 4.69) is 10.2 Å². The van der Waals surface area contributed by atoms with E-state index < -0.39 is 22.0 Å². The summed E-state index contributed by atoms with van der Waals surface area (Å²) in [4.78, 5) is 29.8. The maximum absolute atomic E-state index is 13.2. The summed E-state index contributed by atoms with van der Waals surface area (Å²) in [6.45, 7) is 5.36. The van der Waals surface area contributed by atoms with E-state index in [-0.39, 0.29) is 23.6 Å². The first kappa shape index (κ1) is 25.9. The molecule has 2 aliphatic heterocycles. The van der Waals surface area contributed by atoms with E-state index in [9.17, 15) is 18.0 Å². The van der Waals surface area contributed by atoms with Crippen LogP contribution in [0.25, 0.3) is 0 Å². The number of nitrogens with one attached hydrogen (secondary N) is 1. The molecule has 2 aromatic rings. The number of nitrogens with zero attached hydrogens (tertiary/aromatic N) is 3. The van der Waals surface area contributed by atoms with Gasteiger partial charge in [0.1, 0.15) is 0 Å². The van der Waals surface area contributed by atoms with Gasteiger partial charge in [-0.3, -0.25) is 9.80 Å². The van der Waals surface area contributed by atoms with Crippen molar-refractivity contribution in [2.75, 3.05) is 39.8 Å². The molecule has 4 rings (SSSR count). The highest BCUT2D eigenvalue weighted by atomic mass is 32.2. The summed E-state index contributed by atoms with van der Waals surface area (Å²) in [7, 11) is -1.99. The summed E-state index contributed by atoms with van der Waals surface area (Å²) in [5, 5.41) is 2.92. The summed E-state index contributed by atoms with van der Waals surface area (Å²) in [6, 6.07) is 16.5. The Labute approximate surface area is 212 Å². The molecule has 0 spiro atoms. The highest BCUT2D eigenvalue weighted by molar-refractivity contribution is 7.89. The molecule has 9 nitrogen and oxygen atoms in total. The first-order valence-electron chi connectivity index (χ1n) is 12.0. The molecule has 0 unspecified atom stereocenters. The molecule has 2 aromatic carbocycles. The molecular formula is C26H32N4O5S. The van der Waals surface area contributed by atoms with Crippen LogP contribution in [0.2, 0.25) is 0 Å². The van der Waals surface area contributed by atoms with Crippen LogP contribution < -0.4 is 5.32 Å². The molecule has 0 saturated carbocycles. The van der Waals surface area contributed by atoms with Crippen LogP contribution in [0, 0.1) is 0 Å². The zero-order valence-electron chi connectivity index (χ0n) is 20.8. The smallest absolute Gasteiger partial charge is 0.338 e. The van der Waals surface area contributed by atoms with Crippen molar-refractivity contribution in [1.82, 2.24) is 19.4 Å². The van der Waals surface area contributed by atoms with Gasteiger partial charge in [-0.1, -0.05) is 48.5 Å². The Hall–Kier alpha value is -3.21. The number of ether oxygens (including phenoxy) is 1. The second-order valence-electron chi connectivity index (χ2n) is 8.95. The van der Waals surface area contributed by atoms with Crippen molar-refractivity contribution in [3.63, 3.8) is 0 Å². The number of carbonyl (C=O) groups is 2. The molecule has 1 fully saturated rings. The Bertz CT molecular complexity index is 1230. The number of sulfonamides is 1. The maximum Gasteiger partial charge on any atom is 0.338 e. The van der Waals surface area contributed by atoms with Crippen LogP contribution in [0.3, 0.4) is 0 Å². The number of piperazine rings is 1. The molecule has 2 amide bonds. The van der Waals surface area contributed by atoms with Gasteiger partial charge >= 0.3 is 12.0 Å². The molecule has 192 valence electrons. The average molecular weight is 513 g/mol. The average Bonchev–Trinajstić information content (AvgIpc) is 2.87. The highest BCUT2D eigenvalue weighted by Gasteiger charge is 2.39. The van der Waals surface area contributed by atoms with Crippen molar-refractivity contribution in [3.8, 4) is 0 Å². The third-order valence-electron chi connectivity index (χ3n) is 6.58. The van der Waals surface area contributed by atoms with E-state index >= 15 is 0 Å². The summed E-state index contributed by atoms with van der Waals surface area (Å²) in [5.74, 6) is -0.480. The Balaban J connectivity index is 1.62. The first-order valence-corrected chi connectivity index (χ1v) is 13.5. The number of esters is 1. The lowest BCUT2D eigenvalue weighted by molar-refractivity contribution is -0.139. The van der Waals surface area contributed by atoms with E-state index in [0.717, 1.165) is 5.56 Å². The largest absolute Gasteiger partial charge is 0.463 e. The molecule has 1 N–H and O–H groups in total. The maximum atomic E-state index is 13.2. The SMILES string of the molecule is CCOC(=O)C1=C(CN2CCN(S(=O)(=O)c3ccccc3)[C@H](C)C2)N(C)C(=O)N[C@H]1c1ccccc1. The molecule has 1 saturated heterocycles. The van der Waals surface area contributed by atoms with Gasteiger partial charge in [-0.2, -0.15) is 4.31 Å². The number of hydrogen-bond acceptors (Lipinski definition) is 6. The third kappa shape index (κ3) is 5.16. The minimum Gasteiger partial charge on any atom is -0.463 e. The molecular weight excluding hydrogens is 480 g/mol. The van der Waals surface area contributed by atoms with E-state index in [0.29, 0.717) is 37.4 Å². The number of hydrogen-bond donors (Lipinski definition) is 1. The van der Waals surface area contributed by atoms with Gasteiger partial charge in [0.2, 0.25) is 10.0 Å². The first-order chi connectivity index (χ1) is 17.2. The van der Waals surface area contributed by atoms with Gasteiger partial charge in [-0.15, -0.1) is 0 Å². The van der Waals surface area contributed by atoms with Crippen molar-refractivity contribution in [2.45, 2.75) is 30.8 Å². The number of amides is 2. The minimum atomic E-state index is -3.62. The number of urea groups is 1. The summed E-state index contributed by atoms with van der Waals surface area (Å²) < 4.78 is 33.3. The summed E-state index contributed by atoms with van der Waals surface area (Å²) in [6.07, 6.45) is 0. The van der Waals surface area contributed by atoms with Crippen LogP contribution in [-0.4, -0.2) is 80.4 Å². The van der Waals surface area contributed by atoms with Crippen LogP contribution in [0.5, 0.6) is 0 Å². The zero-order chi connectivity index (χ0) is 25.9. The molecule has 36 heavy (non-hydrogen) atoms. The lowest BCUT2D eigenvalue weighted by atomic mass is 9.94. The van der Waals surface area contributed by atoms with Crippen molar-refractivity contribution < 1.29 is 22.7 Å². The Kier molecular flexibility index (Phi) is 7.77. The lowest BCUT2D eigenvalue weighted by Crippen LogP contribution is -2.56. The number of rotatable bonds is 7. The van der Waals surface area contributed by atoms with Gasteiger partial charge in [-0.05, 0) is 31.5 Å². The van der Waals surface area contributed by atoms with Gasteiger partial charge in [-0.25, -0.2) is 18.0 Å². The molecule has 2 heterocycles. The molecule has 2 aliphatic rings. The molecule has 0 aliphatic carbocycles. The Morgan fingerprint density at radius 2 is 1.69 bits per heavy atom. The van der Waals surface area contributed by atoms with E-state index in [1.807, 2.05) is 37.3 Å². The van der Waals surface area contributed by atoms with Crippen molar-refractivity contribution >= 4 is 22.0 Å². The molecule has 10 heteroatoms. The van der Waals surface area contributed by atoms with Crippen LogP contribution in [0.4, 0.5) is 4.79 Å². The Morgan fingerprint density at radius 1 is 1.06 bits per heavy atom. The monoisotopic (exact) mass is 512 g/mol.